The predicted molar refractivity (Wildman–Crippen MR) is 75.3 cm³/mol. The van der Waals surface area contributed by atoms with Crippen molar-refractivity contribution in [2.45, 2.75) is 13.8 Å². The highest BCUT2D eigenvalue weighted by Crippen LogP contribution is 2.29. The van der Waals surface area contributed by atoms with Crippen LogP contribution in [0.3, 0.4) is 0 Å². The summed E-state index contributed by atoms with van der Waals surface area (Å²) in [6, 6.07) is 7.28. The van der Waals surface area contributed by atoms with E-state index in [1.54, 1.807) is 25.3 Å². The van der Waals surface area contributed by atoms with Crippen LogP contribution in [0.2, 0.25) is 0 Å². The summed E-state index contributed by atoms with van der Waals surface area (Å²) in [7, 11) is 1.58. The van der Waals surface area contributed by atoms with E-state index in [9.17, 15) is 0 Å². The highest BCUT2D eigenvalue weighted by Gasteiger charge is 2.14. The molecular formula is C14H18BrNO2. The Bertz CT molecular complexity index is 426. The van der Waals surface area contributed by atoms with E-state index >= 15 is 0 Å². The smallest absolute Gasteiger partial charge is 0.162 e. The first kappa shape index (κ1) is 14.8. The summed E-state index contributed by atoms with van der Waals surface area (Å²) in [5.74, 6) is 2.29. The number of rotatable bonds is 6. The average molecular weight is 312 g/mol. The molecule has 0 saturated carbocycles. The molecule has 1 aromatic carbocycles. The van der Waals surface area contributed by atoms with Crippen molar-refractivity contribution in [2.75, 3.05) is 19.0 Å². The molecule has 0 saturated heterocycles. The highest BCUT2D eigenvalue weighted by molar-refractivity contribution is 9.09. The minimum Gasteiger partial charge on any atom is -0.493 e. The molecule has 0 aliphatic rings. The van der Waals surface area contributed by atoms with E-state index in [2.05, 4.69) is 35.8 Å². The normalized spacial score (nSPS) is 12.0. The van der Waals surface area contributed by atoms with Crippen molar-refractivity contribution in [1.82, 2.24) is 0 Å². The second-order valence-electron chi connectivity index (χ2n) is 4.45. The maximum Gasteiger partial charge on any atom is 0.162 e. The predicted octanol–water partition coefficient (Wildman–Crippen LogP) is 3.61. The van der Waals surface area contributed by atoms with E-state index in [1.165, 1.54) is 0 Å². The van der Waals surface area contributed by atoms with Crippen LogP contribution in [0.4, 0.5) is 0 Å². The third kappa shape index (κ3) is 3.92. The number of nitriles is 1. The van der Waals surface area contributed by atoms with Crippen LogP contribution in [0.1, 0.15) is 19.4 Å². The summed E-state index contributed by atoms with van der Waals surface area (Å²) in [4.78, 5) is 0. The molecule has 1 unspecified atom stereocenters. The number of halogens is 1. The molecule has 0 heterocycles. The molecule has 0 radical (unpaired) electrons. The van der Waals surface area contributed by atoms with Gasteiger partial charge in [0.1, 0.15) is 0 Å². The second-order valence-corrected chi connectivity index (χ2v) is 5.09. The van der Waals surface area contributed by atoms with Crippen molar-refractivity contribution in [3.63, 3.8) is 0 Å². The molecular weight excluding hydrogens is 294 g/mol. The van der Waals surface area contributed by atoms with E-state index in [4.69, 9.17) is 14.7 Å². The van der Waals surface area contributed by atoms with Gasteiger partial charge in [0.15, 0.2) is 11.5 Å². The van der Waals surface area contributed by atoms with Crippen LogP contribution in [0.15, 0.2) is 18.2 Å². The molecule has 0 fully saturated rings. The van der Waals surface area contributed by atoms with Crippen molar-refractivity contribution < 1.29 is 9.47 Å². The van der Waals surface area contributed by atoms with Crippen LogP contribution in [-0.4, -0.2) is 19.0 Å². The van der Waals surface area contributed by atoms with Gasteiger partial charge < -0.3 is 9.47 Å². The summed E-state index contributed by atoms with van der Waals surface area (Å²) in [6.07, 6.45) is 0. The lowest BCUT2D eigenvalue weighted by atomic mass is 9.99. The lowest BCUT2D eigenvalue weighted by molar-refractivity contribution is 0.219. The van der Waals surface area contributed by atoms with Gasteiger partial charge >= 0.3 is 0 Å². The Labute approximate surface area is 117 Å². The molecule has 18 heavy (non-hydrogen) atoms. The minimum absolute atomic E-state index is 0.449. The van der Waals surface area contributed by atoms with Crippen LogP contribution in [-0.2, 0) is 0 Å². The largest absolute Gasteiger partial charge is 0.493 e. The molecule has 1 rings (SSSR count). The first-order valence-corrected chi connectivity index (χ1v) is 7.01. The van der Waals surface area contributed by atoms with Gasteiger partial charge in [-0.1, -0.05) is 29.8 Å². The molecule has 0 N–H and O–H groups in total. The number of ether oxygens (including phenoxy) is 2. The number of methoxy groups -OCH3 is 1. The first-order valence-electron chi connectivity index (χ1n) is 5.89. The van der Waals surface area contributed by atoms with Crippen LogP contribution >= 0.6 is 15.9 Å². The SMILES string of the molecule is COc1cc(C#N)ccc1OCC(CBr)C(C)C. The molecule has 1 aromatic rings. The Hall–Kier alpha value is -1.21. The summed E-state index contributed by atoms with van der Waals surface area (Å²) in [5, 5.41) is 9.73. The molecule has 4 heteroatoms. The van der Waals surface area contributed by atoms with Crippen LogP contribution in [0.25, 0.3) is 0 Å². The zero-order valence-corrected chi connectivity index (χ0v) is 12.5. The Kier molecular flexibility index (Phi) is 6.00. The molecule has 0 aliphatic carbocycles. The monoisotopic (exact) mass is 311 g/mol. The van der Waals surface area contributed by atoms with Gasteiger partial charge in [-0.2, -0.15) is 5.26 Å². The van der Waals surface area contributed by atoms with E-state index in [-0.39, 0.29) is 0 Å². The fraction of sp³-hybridized carbons (Fsp3) is 0.500. The van der Waals surface area contributed by atoms with Gasteiger partial charge in [0.05, 0.1) is 25.3 Å². The van der Waals surface area contributed by atoms with Crippen LogP contribution in [0.5, 0.6) is 11.5 Å². The van der Waals surface area contributed by atoms with Crippen molar-refractivity contribution in [1.29, 1.82) is 5.26 Å². The zero-order valence-electron chi connectivity index (χ0n) is 10.9. The number of alkyl halides is 1. The van der Waals surface area contributed by atoms with E-state index in [0.29, 0.717) is 35.5 Å². The van der Waals surface area contributed by atoms with Gasteiger partial charge in [0.2, 0.25) is 0 Å². The van der Waals surface area contributed by atoms with Crippen molar-refractivity contribution in [3.8, 4) is 17.6 Å². The first-order chi connectivity index (χ1) is 8.62. The fourth-order valence-corrected chi connectivity index (χ4v) is 2.40. The maximum absolute atomic E-state index is 8.82. The van der Waals surface area contributed by atoms with Crippen molar-refractivity contribution in [2.24, 2.45) is 11.8 Å². The van der Waals surface area contributed by atoms with Gasteiger partial charge in [0.25, 0.3) is 0 Å². The van der Waals surface area contributed by atoms with Crippen molar-refractivity contribution >= 4 is 15.9 Å². The third-order valence-corrected chi connectivity index (χ3v) is 3.72. The van der Waals surface area contributed by atoms with Gasteiger partial charge in [-0.25, -0.2) is 0 Å². The molecule has 98 valence electrons. The lowest BCUT2D eigenvalue weighted by Crippen LogP contribution is -2.19. The number of hydrogen-bond acceptors (Lipinski definition) is 3. The van der Waals surface area contributed by atoms with E-state index in [1.807, 2.05) is 0 Å². The summed E-state index contributed by atoms with van der Waals surface area (Å²) >= 11 is 3.49. The molecule has 0 bridgehead atoms. The second kappa shape index (κ2) is 7.27. The quantitative estimate of drug-likeness (QED) is 0.754. The molecule has 1 atom stereocenters. The molecule has 0 amide bonds. The number of nitrogens with zero attached hydrogens (tertiary/aromatic N) is 1. The lowest BCUT2D eigenvalue weighted by Gasteiger charge is -2.19. The number of benzene rings is 1. The summed E-state index contributed by atoms with van der Waals surface area (Å²) in [5.41, 5.74) is 0.570. The summed E-state index contributed by atoms with van der Waals surface area (Å²) < 4.78 is 11.0. The van der Waals surface area contributed by atoms with E-state index < -0.39 is 0 Å². The Morgan fingerprint density at radius 1 is 1.33 bits per heavy atom. The van der Waals surface area contributed by atoms with Gasteiger partial charge in [0, 0.05) is 17.3 Å². The average Bonchev–Trinajstić information content (AvgIpc) is 2.39. The zero-order chi connectivity index (χ0) is 13.5. The molecule has 3 nitrogen and oxygen atoms in total. The number of hydrogen-bond donors (Lipinski definition) is 0. The Balaban J connectivity index is 2.76. The van der Waals surface area contributed by atoms with Crippen LogP contribution in [0, 0.1) is 23.2 Å². The Morgan fingerprint density at radius 2 is 2.06 bits per heavy atom. The topological polar surface area (TPSA) is 42.2 Å². The van der Waals surface area contributed by atoms with Gasteiger partial charge in [-0.15, -0.1) is 0 Å². The molecule has 0 aromatic heterocycles. The molecule has 0 spiro atoms. The standard InChI is InChI=1S/C14H18BrNO2/c1-10(2)12(7-15)9-18-13-5-4-11(8-16)6-14(13)17-3/h4-6,10,12H,7,9H2,1-3H3. The minimum atomic E-state index is 0.449. The van der Waals surface area contributed by atoms with Crippen LogP contribution < -0.4 is 9.47 Å². The van der Waals surface area contributed by atoms with Gasteiger partial charge in [-0.3, -0.25) is 0 Å². The van der Waals surface area contributed by atoms with E-state index in [0.717, 1.165) is 5.33 Å². The highest BCUT2D eigenvalue weighted by atomic mass is 79.9. The Morgan fingerprint density at radius 3 is 2.56 bits per heavy atom. The summed E-state index contributed by atoms with van der Waals surface area (Å²) in [6.45, 7) is 4.97. The maximum atomic E-state index is 8.82. The van der Waals surface area contributed by atoms with Gasteiger partial charge in [-0.05, 0) is 18.1 Å². The third-order valence-electron chi connectivity index (χ3n) is 2.89. The molecule has 0 aliphatic heterocycles. The van der Waals surface area contributed by atoms with Crippen molar-refractivity contribution in [3.05, 3.63) is 23.8 Å². The fourth-order valence-electron chi connectivity index (χ4n) is 1.47.